The fourth-order valence-corrected chi connectivity index (χ4v) is 1.82. The number of carbonyl (C=O) groups excluding carboxylic acids is 1. The van der Waals surface area contributed by atoms with Gasteiger partial charge in [0.05, 0.1) is 5.56 Å². The van der Waals surface area contributed by atoms with E-state index < -0.39 is 17.5 Å². The minimum absolute atomic E-state index is 0.138. The largest absolute Gasteiger partial charge is 0.364 e. The number of primary amides is 1. The van der Waals surface area contributed by atoms with Crippen LogP contribution in [0.25, 0.3) is 11.3 Å². The van der Waals surface area contributed by atoms with Gasteiger partial charge in [0.2, 0.25) is 0 Å². The molecule has 0 fully saturated rings. The smallest absolute Gasteiger partial charge is 0.271 e. The Labute approximate surface area is 102 Å². The molecule has 2 aromatic rings. The normalized spacial score (nSPS) is 10.5. The lowest BCUT2D eigenvalue weighted by atomic mass is 10.1. The summed E-state index contributed by atoms with van der Waals surface area (Å²) >= 11 is 3.05. The summed E-state index contributed by atoms with van der Waals surface area (Å²) in [6, 6.07) is 2.25. The molecule has 0 radical (unpaired) electrons. The summed E-state index contributed by atoms with van der Waals surface area (Å²) < 4.78 is 27.0. The van der Waals surface area contributed by atoms with Crippen LogP contribution in [0.4, 0.5) is 8.78 Å². The van der Waals surface area contributed by atoms with E-state index in [9.17, 15) is 13.6 Å². The third-order valence-corrected chi connectivity index (χ3v) is 2.72. The average molecular weight is 303 g/mol. The molecule has 0 aliphatic carbocycles. The quantitative estimate of drug-likeness (QED) is 0.827. The number of hydrogen-bond donors (Lipinski definition) is 2. The SMILES string of the molecule is NC(=O)c1n[nH]nc1-c1c(Br)ccc(F)c1F. The van der Waals surface area contributed by atoms with Crippen molar-refractivity contribution in [2.24, 2.45) is 5.73 Å². The average Bonchev–Trinajstić information content (AvgIpc) is 2.73. The van der Waals surface area contributed by atoms with E-state index in [4.69, 9.17) is 5.73 Å². The molecule has 1 heterocycles. The molecule has 0 atom stereocenters. The summed E-state index contributed by atoms with van der Waals surface area (Å²) in [6.45, 7) is 0. The number of rotatable bonds is 2. The zero-order valence-electron chi connectivity index (χ0n) is 8.17. The first-order chi connectivity index (χ1) is 8.02. The van der Waals surface area contributed by atoms with Crippen molar-refractivity contribution in [2.75, 3.05) is 0 Å². The molecule has 0 spiro atoms. The Morgan fingerprint density at radius 2 is 2.06 bits per heavy atom. The van der Waals surface area contributed by atoms with Gasteiger partial charge in [0.1, 0.15) is 5.69 Å². The number of H-pyrrole nitrogens is 1. The first kappa shape index (κ1) is 11.6. The van der Waals surface area contributed by atoms with E-state index in [1.807, 2.05) is 0 Å². The molecule has 3 N–H and O–H groups in total. The standard InChI is InChI=1S/C9H5BrF2N4O/c10-3-1-2-4(11)6(12)5(3)7-8(9(13)17)15-16-14-7/h1-2H,(H2,13,17)(H,14,15,16). The van der Waals surface area contributed by atoms with Crippen LogP contribution in [0.15, 0.2) is 16.6 Å². The van der Waals surface area contributed by atoms with Crippen molar-refractivity contribution >= 4 is 21.8 Å². The van der Waals surface area contributed by atoms with Crippen LogP contribution in [0.5, 0.6) is 0 Å². The predicted octanol–water partition coefficient (Wildman–Crippen LogP) is 1.61. The van der Waals surface area contributed by atoms with Gasteiger partial charge in [0.15, 0.2) is 17.3 Å². The van der Waals surface area contributed by atoms with Crippen LogP contribution in [0.2, 0.25) is 0 Å². The Hall–Kier alpha value is -1.83. The summed E-state index contributed by atoms with van der Waals surface area (Å²) in [5.74, 6) is -3.07. The van der Waals surface area contributed by atoms with E-state index in [1.54, 1.807) is 0 Å². The molecule has 0 unspecified atom stereocenters. The summed E-state index contributed by atoms with van der Waals surface area (Å²) in [5.41, 5.74) is 4.45. The molecular weight excluding hydrogens is 298 g/mol. The minimum atomic E-state index is -1.13. The Balaban J connectivity index is 2.72. The molecule has 1 amide bonds. The molecule has 0 saturated heterocycles. The van der Waals surface area contributed by atoms with E-state index in [0.717, 1.165) is 6.07 Å². The van der Waals surface area contributed by atoms with Gasteiger partial charge in [-0.05, 0) is 28.1 Å². The second kappa shape index (κ2) is 4.21. The third-order valence-electron chi connectivity index (χ3n) is 2.06. The second-order valence-corrected chi connectivity index (χ2v) is 3.96. The lowest BCUT2D eigenvalue weighted by Gasteiger charge is -2.04. The first-order valence-corrected chi connectivity index (χ1v) is 5.16. The second-order valence-electron chi connectivity index (χ2n) is 3.10. The van der Waals surface area contributed by atoms with Gasteiger partial charge in [-0.2, -0.15) is 15.4 Å². The maximum atomic E-state index is 13.6. The predicted molar refractivity (Wildman–Crippen MR) is 58.0 cm³/mol. The molecule has 0 saturated carbocycles. The van der Waals surface area contributed by atoms with E-state index >= 15 is 0 Å². The fourth-order valence-electron chi connectivity index (χ4n) is 1.32. The van der Waals surface area contributed by atoms with E-state index in [1.165, 1.54) is 6.07 Å². The number of amides is 1. The van der Waals surface area contributed by atoms with Gasteiger partial charge in [-0.15, -0.1) is 0 Å². The molecule has 88 valence electrons. The Bertz CT molecular complexity index is 599. The van der Waals surface area contributed by atoms with Crippen molar-refractivity contribution in [3.05, 3.63) is 33.9 Å². The molecule has 0 bridgehead atoms. The fraction of sp³-hybridized carbons (Fsp3) is 0. The molecule has 8 heteroatoms. The van der Waals surface area contributed by atoms with Crippen LogP contribution in [-0.2, 0) is 0 Å². The van der Waals surface area contributed by atoms with Crippen LogP contribution in [0, 0.1) is 11.6 Å². The highest BCUT2D eigenvalue weighted by molar-refractivity contribution is 9.10. The molecule has 1 aromatic heterocycles. The molecule has 17 heavy (non-hydrogen) atoms. The van der Waals surface area contributed by atoms with Crippen molar-refractivity contribution in [1.29, 1.82) is 0 Å². The minimum Gasteiger partial charge on any atom is -0.364 e. The van der Waals surface area contributed by atoms with E-state index in [2.05, 4.69) is 31.3 Å². The number of halogens is 3. The van der Waals surface area contributed by atoms with Crippen LogP contribution >= 0.6 is 15.9 Å². The number of aromatic amines is 1. The maximum Gasteiger partial charge on any atom is 0.271 e. The number of nitrogens with zero attached hydrogens (tertiary/aromatic N) is 2. The van der Waals surface area contributed by atoms with Gasteiger partial charge in [-0.25, -0.2) is 8.78 Å². The van der Waals surface area contributed by atoms with E-state index in [-0.39, 0.29) is 21.4 Å². The number of benzene rings is 1. The highest BCUT2D eigenvalue weighted by atomic mass is 79.9. The summed E-state index contributed by atoms with van der Waals surface area (Å²) in [5, 5.41) is 9.22. The van der Waals surface area contributed by atoms with Gasteiger partial charge in [-0.3, -0.25) is 4.79 Å². The lowest BCUT2D eigenvalue weighted by Crippen LogP contribution is -2.13. The zero-order chi connectivity index (χ0) is 12.6. The summed E-state index contributed by atoms with van der Waals surface area (Å²) in [6.07, 6.45) is 0. The van der Waals surface area contributed by atoms with Crippen LogP contribution in [-0.4, -0.2) is 21.3 Å². The summed E-state index contributed by atoms with van der Waals surface area (Å²) in [4.78, 5) is 11.0. The van der Waals surface area contributed by atoms with Gasteiger partial charge in [0.25, 0.3) is 5.91 Å². The number of hydrogen-bond acceptors (Lipinski definition) is 3. The van der Waals surface area contributed by atoms with Crippen LogP contribution < -0.4 is 5.73 Å². The van der Waals surface area contributed by atoms with Gasteiger partial charge >= 0.3 is 0 Å². The molecular formula is C9H5BrF2N4O. The number of nitrogens with two attached hydrogens (primary N) is 1. The number of nitrogens with one attached hydrogen (secondary N) is 1. The van der Waals surface area contributed by atoms with Crippen molar-refractivity contribution < 1.29 is 13.6 Å². The van der Waals surface area contributed by atoms with Crippen molar-refractivity contribution in [2.45, 2.75) is 0 Å². The van der Waals surface area contributed by atoms with E-state index in [0.29, 0.717) is 0 Å². The third kappa shape index (κ3) is 1.91. The molecule has 2 rings (SSSR count). The van der Waals surface area contributed by atoms with Crippen molar-refractivity contribution in [3.63, 3.8) is 0 Å². The van der Waals surface area contributed by atoms with Gasteiger partial charge < -0.3 is 5.73 Å². The highest BCUT2D eigenvalue weighted by Crippen LogP contribution is 2.32. The number of aromatic nitrogens is 3. The topological polar surface area (TPSA) is 84.7 Å². The first-order valence-electron chi connectivity index (χ1n) is 4.36. The lowest BCUT2D eigenvalue weighted by molar-refractivity contribution is 0.0996. The highest BCUT2D eigenvalue weighted by Gasteiger charge is 2.22. The monoisotopic (exact) mass is 302 g/mol. The zero-order valence-corrected chi connectivity index (χ0v) is 9.75. The Morgan fingerprint density at radius 3 is 2.71 bits per heavy atom. The molecule has 1 aromatic carbocycles. The van der Waals surface area contributed by atoms with Crippen LogP contribution in [0.1, 0.15) is 10.5 Å². The van der Waals surface area contributed by atoms with Crippen molar-refractivity contribution in [1.82, 2.24) is 15.4 Å². The number of carbonyl (C=O) groups is 1. The molecule has 0 aliphatic rings. The Morgan fingerprint density at radius 1 is 1.35 bits per heavy atom. The Kier molecular flexibility index (Phi) is 2.88. The maximum absolute atomic E-state index is 13.6. The van der Waals surface area contributed by atoms with Gasteiger partial charge in [-0.1, -0.05) is 0 Å². The summed E-state index contributed by atoms with van der Waals surface area (Å²) in [7, 11) is 0. The van der Waals surface area contributed by atoms with Crippen molar-refractivity contribution in [3.8, 4) is 11.3 Å². The van der Waals surface area contributed by atoms with Gasteiger partial charge in [0, 0.05) is 4.47 Å². The molecule has 5 nitrogen and oxygen atoms in total. The van der Waals surface area contributed by atoms with Crippen LogP contribution in [0.3, 0.4) is 0 Å². The molecule has 0 aliphatic heterocycles.